The predicted octanol–water partition coefficient (Wildman–Crippen LogP) is 3.44. The fourth-order valence-electron chi connectivity index (χ4n) is 2.04. The van der Waals surface area contributed by atoms with Gasteiger partial charge in [0.2, 0.25) is 0 Å². The van der Waals surface area contributed by atoms with Crippen LogP contribution in [0.3, 0.4) is 0 Å². The highest BCUT2D eigenvalue weighted by Gasteiger charge is 2.17. The third kappa shape index (κ3) is 3.38. The summed E-state index contributed by atoms with van der Waals surface area (Å²) < 4.78 is 0. The Labute approximate surface area is 117 Å². The zero-order chi connectivity index (χ0) is 13.8. The minimum absolute atomic E-state index is 0.0363. The number of carbonyl (C=O) groups excluding carboxylic acids is 1. The number of aromatic hydroxyl groups is 1. The van der Waals surface area contributed by atoms with E-state index in [1.807, 2.05) is 12.2 Å². The summed E-state index contributed by atoms with van der Waals surface area (Å²) in [6.07, 6.45) is 7.74. The molecule has 0 saturated heterocycles. The zero-order valence-electron chi connectivity index (χ0n) is 10.7. The Hall–Kier alpha value is -1.74. The van der Waals surface area contributed by atoms with E-state index in [2.05, 4.69) is 18.3 Å². The van der Waals surface area contributed by atoms with Crippen LogP contribution < -0.4 is 5.32 Å². The van der Waals surface area contributed by atoms with E-state index >= 15 is 0 Å². The van der Waals surface area contributed by atoms with Crippen molar-refractivity contribution in [1.82, 2.24) is 5.32 Å². The molecular weight excluding hydrogens is 262 g/mol. The summed E-state index contributed by atoms with van der Waals surface area (Å²) in [5.74, 6) is -0.375. The third-order valence-corrected chi connectivity index (χ3v) is 3.37. The molecule has 1 atom stereocenters. The molecule has 0 bridgehead atoms. The van der Waals surface area contributed by atoms with Crippen molar-refractivity contribution >= 4 is 17.5 Å². The van der Waals surface area contributed by atoms with Crippen LogP contribution in [0.2, 0.25) is 5.02 Å². The minimum Gasteiger partial charge on any atom is -0.507 e. The van der Waals surface area contributed by atoms with Gasteiger partial charge in [-0.1, -0.05) is 42.3 Å². The lowest BCUT2D eigenvalue weighted by molar-refractivity contribution is 0.0941. The highest BCUT2D eigenvalue weighted by molar-refractivity contribution is 6.31. The molecule has 4 heteroatoms. The lowest BCUT2D eigenvalue weighted by Gasteiger charge is -2.19. The Kier molecular flexibility index (Phi) is 4.27. The van der Waals surface area contributed by atoms with Crippen LogP contribution in [-0.4, -0.2) is 17.1 Å². The lowest BCUT2D eigenvalue weighted by atomic mass is 9.98. The van der Waals surface area contributed by atoms with E-state index < -0.39 is 0 Å². The van der Waals surface area contributed by atoms with Crippen LogP contribution in [0, 0.1) is 0 Å². The van der Waals surface area contributed by atoms with Crippen molar-refractivity contribution in [1.29, 1.82) is 0 Å². The molecule has 2 rings (SSSR count). The maximum atomic E-state index is 12.1. The molecule has 100 valence electrons. The van der Waals surface area contributed by atoms with E-state index in [9.17, 15) is 9.90 Å². The first kappa shape index (κ1) is 13.7. The van der Waals surface area contributed by atoms with Crippen molar-refractivity contribution in [3.8, 4) is 5.75 Å². The van der Waals surface area contributed by atoms with Gasteiger partial charge in [0.15, 0.2) is 0 Å². The summed E-state index contributed by atoms with van der Waals surface area (Å²) in [5.41, 5.74) is 1.50. The smallest absolute Gasteiger partial charge is 0.255 e. The number of phenolic OH excluding ortho intramolecular Hbond substituents is 1. The standard InChI is InChI=1S/C15H16ClNO2/c1-2-10-4-3-5-12(8-10)17-15(19)13-9-11(16)6-7-14(13)18/h3-7,9,12,18H,2,8H2,1H3,(H,17,19). The first-order chi connectivity index (χ1) is 9.10. The summed E-state index contributed by atoms with van der Waals surface area (Å²) in [6, 6.07) is 4.40. The average molecular weight is 278 g/mol. The van der Waals surface area contributed by atoms with Gasteiger partial charge in [-0.05, 0) is 31.0 Å². The molecule has 19 heavy (non-hydrogen) atoms. The SMILES string of the molecule is CCC1=CC=CC(NC(=O)c2cc(Cl)ccc2O)C1. The number of hydrogen-bond acceptors (Lipinski definition) is 2. The fourth-order valence-corrected chi connectivity index (χ4v) is 2.21. The van der Waals surface area contributed by atoms with Gasteiger partial charge in [0.25, 0.3) is 5.91 Å². The molecule has 0 spiro atoms. The molecule has 1 aliphatic rings. The van der Waals surface area contributed by atoms with E-state index in [1.165, 1.54) is 17.7 Å². The van der Waals surface area contributed by atoms with Gasteiger partial charge in [0.05, 0.1) is 11.6 Å². The van der Waals surface area contributed by atoms with E-state index in [0.717, 1.165) is 12.8 Å². The Morgan fingerprint density at radius 2 is 2.32 bits per heavy atom. The number of phenols is 1. The quantitative estimate of drug-likeness (QED) is 0.889. The Balaban J connectivity index is 2.08. The second kappa shape index (κ2) is 5.93. The first-order valence-electron chi connectivity index (χ1n) is 6.25. The van der Waals surface area contributed by atoms with Gasteiger partial charge in [-0.2, -0.15) is 0 Å². The van der Waals surface area contributed by atoms with Gasteiger partial charge in [-0.25, -0.2) is 0 Å². The van der Waals surface area contributed by atoms with Crippen LogP contribution in [-0.2, 0) is 0 Å². The van der Waals surface area contributed by atoms with E-state index in [0.29, 0.717) is 5.02 Å². The number of allylic oxidation sites excluding steroid dienone is 2. The summed E-state index contributed by atoms with van der Waals surface area (Å²) in [5, 5.41) is 13.0. The summed E-state index contributed by atoms with van der Waals surface area (Å²) in [6.45, 7) is 2.09. The first-order valence-corrected chi connectivity index (χ1v) is 6.63. The van der Waals surface area contributed by atoms with E-state index in [-0.39, 0.29) is 23.3 Å². The van der Waals surface area contributed by atoms with Gasteiger partial charge in [-0.3, -0.25) is 4.79 Å². The topological polar surface area (TPSA) is 49.3 Å². The highest BCUT2D eigenvalue weighted by Crippen LogP contribution is 2.22. The lowest BCUT2D eigenvalue weighted by Crippen LogP contribution is -2.34. The average Bonchev–Trinajstić information content (AvgIpc) is 2.41. The molecule has 1 amide bonds. The molecule has 1 aromatic rings. The largest absolute Gasteiger partial charge is 0.507 e. The van der Waals surface area contributed by atoms with Crippen molar-refractivity contribution < 1.29 is 9.90 Å². The predicted molar refractivity (Wildman–Crippen MR) is 76.5 cm³/mol. The molecule has 0 fully saturated rings. The van der Waals surface area contributed by atoms with Crippen molar-refractivity contribution in [3.05, 3.63) is 52.6 Å². The number of carbonyl (C=O) groups is 1. The second-order valence-corrected chi connectivity index (χ2v) is 4.95. The molecular formula is C15H16ClNO2. The normalized spacial score (nSPS) is 18.0. The summed E-state index contributed by atoms with van der Waals surface area (Å²) >= 11 is 5.84. The van der Waals surface area contributed by atoms with Crippen LogP contribution in [0.5, 0.6) is 5.75 Å². The Morgan fingerprint density at radius 3 is 3.05 bits per heavy atom. The number of hydrogen-bond donors (Lipinski definition) is 2. The van der Waals surface area contributed by atoms with Crippen LogP contribution >= 0.6 is 11.6 Å². The van der Waals surface area contributed by atoms with Gasteiger partial charge in [-0.15, -0.1) is 0 Å². The number of rotatable bonds is 3. The van der Waals surface area contributed by atoms with E-state index in [4.69, 9.17) is 11.6 Å². The van der Waals surface area contributed by atoms with E-state index in [1.54, 1.807) is 6.07 Å². The number of benzene rings is 1. The molecule has 0 radical (unpaired) electrons. The number of nitrogens with one attached hydrogen (secondary N) is 1. The number of amides is 1. The molecule has 0 saturated carbocycles. The van der Waals surface area contributed by atoms with Crippen LogP contribution in [0.15, 0.2) is 42.0 Å². The fraction of sp³-hybridized carbons (Fsp3) is 0.267. The number of halogens is 1. The molecule has 1 aliphatic carbocycles. The molecule has 0 aromatic heterocycles. The van der Waals surface area contributed by atoms with Crippen LogP contribution in [0.4, 0.5) is 0 Å². The third-order valence-electron chi connectivity index (χ3n) is 3.13. The molecule has 1 unspecified atom stereocenters. The molecule has 1 aromatic carbocycles. The highest BCUT2D eigenvalue weighted by atomic mass is 35.5. The van der Waals surface area contributed by atoms with Gasteiger partial charge < -0.3 is 10.4 Å². The molecule has 3 nitrogen and oxygen atoms in total. The molecule has 2 N–H and O–H groups in total. The molecule has 0 heterocycles. The maximum Gasteiger partial charge on any atom is 0.255 e. The summed E-state index contributed by atoms with van der Waals surface area (Å²) in [4.78, 5) is 12.1. The zero-order valence-corrected chi connectivity index (χ0v) is 11.4. The maximum absolute atomic E-state index is 12.1. The van der Waals surface area contributed by atoms with Crippen molar-refractivity contribution in [2.24, 2.45) is 0 Å². The van der Waals surface area contributed by atoms with Gasteiger partial charge >= 0.3 is 0 Å². The second-order valence-electron chi connectivity index (χ2n) is 4.51. The Bertz CT molecular complexity index is 549. The monoisotopic (exact) mass is 277 g/mol. The van der Waals surface area contributed by atoms with Crippen molar-refractivity contribution in [2.75, 3.05) is 0 Å². The minimum atomic E-state index is -0.313. The Morgan fingerprint density at radius 1 is 1.53 bits per heavy atom. The molecule has 0 aliphatic heterocycles. The summed E-state index contributed by atoms with van der Waals surface area (Å²) in [7, 11) is 0. The van der Waals surface area contributed by atoms with Crippen LogP contribution in [0.25, 0.3) is 0 Å². The van der Waals surface area contributed by atoms with Gasteiger partial charge in [0.1, 0.15) is 5.75 Å². The van der Waals surface area contributed by atoms with Crippen molar-refractivity contribution in [2.45, 2.75) is 25.8 Å². The van der Waals surface area contributed by atoms with Crippen molar-refractivity contribution in [3.63, 3.8) is 0 Å². The van der Waals surface area contributed by atoms with Crippen LogP contribution in [0.1, 0.15) is 30.1 Å². The van der Waals surface area contributed by atoms with Gasteiger partial charge in [0, 0.05) is 5.02 Å².